The molecule has 0 amide bonds. The van der Waals surface area contributed by atoms with Crippen LogP contribution in [0, 0.1) is 18.6 Å². The molecule has 0 radical (unpaired) electrons. The molecule has 2 aromatic rings. The maximum atomic E-state index is 13.6. The molecule has 8 heteroatoms. The summed E-state index contributed by atoms with van der Waals surface area (Å²) in [5.41, 5.74) is 0.199. The molecule has 122 valence electrons. The second-order valence-electron chi connectivity index (χ2n) is 4.51. The molecule has 0 unspecified atom stereocenters. The Morgan fingerprint density at radius 2 is 1.70 bits per heavy atom. The van der Waals surface area contributed by atoms with Crippen LogP contribution in [0.5, 0.6) is 11.5 Å². The van der Waals surface area contributed by atoms with Gasteiger partial charge in [0.15, 0.2) is 11.6 Å². The van der Waals surface area contributed by atoms with Crippen molar-refractivity contribution in [3.63, 3.8) is 0 Å². The first-order chi connectivity index (χ1) is 10.7. The molecule has 23 heavy (non-hydrogen) atoms. The van der Waals surface area contributed by atoms with E-state index in [1.165, 1.54) is 12.1 Å². The summed E-state index contributed by atoms with van der Waals surface area (Å²) in [6.45, 7) is 1.62. The monoisotopic (exact) mass is 332 g/mol. The normalized spacial score (nSPS) is 11.2. The van der Waals surface area contributed by atoms with E-state index in [1.807, 2.05) is 0 Å². The number of ether oxygens (including phenoxy) is 2. The van der Waals surface area contributed by atoms with Crippen LogP contribution >= 0.6 is 0 Å². The van der Waals surface area contributed by atoms with Crippen molar-refractivity contribution >= 4 is 5.97 Å². The van der Waals surface area contributed by atoms with Gasteiger partial charge in [-0.1, -0.05) is 6.07 Å². The number of alkyl halides is 3. The highest BCUT2D eigenvalue weighted by Crippen LogP contribution is 2.28. The zero-order chi connectivity index (χ0) is 17.2. The van der Waals surface area contributed by atoms with Crippen LogP contribution in [0.15, 0.2) is 36.4 Å². The summed E-state index contributed by atoms with van der Waals surface area (Å²) in [6, 6.07) is 5.85. The predicted octanol–water partition coefficient (Wildman–Crippen LogP) is 4.39. The van der Waals surface area contributed by atoms with Crippen LogP contribution < -0.4 is 9.47 Å². The minimum atomic E-state index is -5.05. The van der Waals surface area contributed by atoms with Crippen molar-refractivity contribution in [3.8, 4) is 11.5 Å². The van der Waals surface area contributed by atoms with Crippen LogP contribution in [0.25, 0.3) is 0 Å². The average molecular weight is 332 g/mol. The van der Waals surface area contributed by atoms with Gasteiger partial charge in [-0.25, -0.2) is 13.6 Å². The lowest BCUT2D eigenvalue weighted by Crippen LogP contribution is -2.18. The SMILES string of the molecule is Cc1ccc(C(=O)Oc2ccc(OC(F)(F)F)c(F)c2)c(F)c1. The summed E-state index contributed by atoms with van der Waals surface area (Å²) in [7, 11) is 0. The molecule has 0 spiro atoms. The molecular weight excluding hydrogens is 323 g/mol. The van der Waals surface area contributed by atoms with Gasteiger partial charge in [-0.3, -0.25) is 0 Å². The van der Waals surface area contributed by atoms with E-state index in [1.54, 1.807) is 6.92 Å². The molecule has 3 nitrogen and oxygen atoms in total. The lowest BCUT2D eigenvalue weighted by molar-refractivity contribution is -0.275. The second-order valence-corrected chi connectivity index (χ2v) is 4.51. The van der Waals surface area contributed by atoms with Crippen LogP contribution in [0.2, 0.25) is 0 Å². The van der Waals surface area contributed by atoms with Gasteiger partial charge in [0, 0.05) is 6.07 Å². The van der Waals surface area contributed by atoms with E-state index in [4.69, 9.17) is 4.74 Å². The van der Waals surface area contributed by atoms with E-state index < -0.39 is 29.7 Å². The van der Waals surface area contributed by atoms with E-state index >= 15 is 0 Å². The van der Waals surface area contributed by atoms with Gasteiger partial charge in [0.2, 0.25) is 0 Å². The summed E-state index contributed by atoms with van der Waals surface area (Å²) in [5, 5.41) is 0. The molecule has 0 fully saturated rings. The van der Waals surface area contributed by atoms with Gasteiger partial charge in [-0.05, 0) is 36.8 Å². The largest absolute Gasteiger partial charge is 0.573 e. The smallest absolute Gasteiger partial charge is 0.423 e. The number of esters is 1. The van der Waals surface area contributed by atoms with E-state index in [-0.39, 0.29) is 11.3 Å². The molecule has 2 rings (SSSR count). The number of halogens is 5. The molecule has 0 saturated heterocycles. The van der Waals surface area contributed by atoms with Gasteiger partial charge in [0.25, 0.3) is 0 Å². The van der Waals surface area contributed by atoms with Crippen LogP contribution in [0.1, 0.15) is 15.9 Å². The van der Waals surface area contributed by atoms with Crippen molar-refractivity contribution in [1.82, 2.24) is 0 Å². The number of carbonyl (C=O) groups is 1. The molecule has 0 aliphatic heterocycles. The summed E-state index contributed by atoms with van der Waals surface area (Å²) < 4.78 is 71.3. The van der Waals surface area contributed by atoms with Crippen LogP contribution in [0.3, 0.4) is 0 Å². The molecular formula is C15H9F5O3. The number of benzene rings is 2. The Bertz CT molecular complexity index is 740. The Kier molecular flexibility index (Phi) is 4.53. The van der Waals surface area contributed by atoms with Crippen molar-refractivity contribution in [2.45, 2.75) is 13.3 Å². The van der Waals surface area contributed by atoms with E-state index in [0.29, 0.717) is 17.7 Å². The first-order valence-corrected chi connectivity index (χ1v) is 6.19. The third-order valence-corrected chi connectivity index (χ3v) is 2.68. The lowest BCUT2D eigenvalue weighted by Gasteiger charge is -2.11. The van der Waals surface area contributed by atoms with Crippen LogP contribution in [-0.2, 0) is 0 Å². The summed E-state index contributed by atoms with van der Waals surface area (Å²) in [4.78, 5) is 11.8. The number of rotatable bonds is 3. The van der Waals surface area contributed by atoms with E-state index in [9.17, 15) is 26.7 Å². The Morgan fingerprint density at radius 3 is 2.26 bits per heavy atom. The fourth-order valence-corrected chi connectivity index (χ4v) is 1.70. The zero-order valence-corrected chi connectivity index (χ0v) is 11.6. The number of hydrogen-bond donors (Lipinski definition) is 0. The molecule has 2 aromatic carbocycles. The third kappa shape index (κ3) is 4.41. The molecule has 0 aliphatic carbocycles. The second kappa shape index (κ2) is 6.23. The molecule has 0 heterocycles. The quantitative estimate of drug-likeness (QED) is 0.475. The highest BCUT2D eigenvalue weighted by atomic mass is 19.4. The minimum absolute atomic E-state index is 0.383. The first kappa shape index (κ1) is 16.7. The number of carbonyl (C=O) groups excluding carboxylic acids is 1. The summed E-state index contributed by atoms with van der Waals surface area (Å²) in [5.74, 6) is -4.77. The Balaban J connectivity index is 2.17. The average Bonchev–Trinajstić information content (AvgIpc) is 2.40. The summed E-state index contributed by atoms with van der Waals surface area (Å²) in [6.07, 6.45) is -5.05. The van der Waals surface area contributed by atoms with Gasteiger partial charge >= 0.3 is 12.3 Å². The van der Waals surface area contributed by atoms with Crippen LogP contribution in [0.4, 0.5) is 22.0 Å². The zero-order valence-electron chi connectivity index (χ0n) is 11.6. The molecule has 0 bridgehead atoms. The number of aryl methyl sites for hydroxylation is 1. The standard InChI is InChI=1S/C15H9F5O3/c1-8-2-4-10(11(16)6-8)14(21)22-9-3-5-13(12(17)7-9)23-15(18,19)20/h2-7H,1H3. The lowest BCUT2D eigenvalue weighted by atomic mass is 10.1. The van der Waals surface area contributed by atoms with Gasteiger partial charge in [0.1, 0.15) is 11.6 Å². The molecule has 0 aromatic heterocycles. The van der Waals surface area contributed by atoms with Crippen molar-refractivity contribution in [1.29, 1.82) is 0 Å². The molecule has 0 saturated carbocycles. The van der Waals surface area contributed by atoms with Crippen LogP contribution in [-0.4, -0.2) is 12.3 Å². The van der Waals surface area contributed by atoms with Crippen molar-refractivity contribution in [3.05, 3.63) is 59.2 Å². The van der Waals surface area contributed by atoms with Gasteiger partial charge in [-0.2, -0.15) is 0 Å². The molecule has 0 atom stereocenters. The Hall–Kier alpha value is -2.64. The Morgan fingerprint density at radius 1 is 1.00 bits per heavy atom. The molecule has 0 aliphatic rings. The highest BCUT2D eigenvalue weighted by Gasteiger charge is 2.32. The third-order valence-electron chi connectivity index (χ3n) is 2.68. The topological polar surface area (TPSA) is 35.5 Å². The summed E-state index contributed by atoms with van der Waals surface area (Å²) >= 11 is 0. The van der Waals surface area contributed by atoms with E-state index in [0.717, 1.165) is 12.1 Å². The number of hydrogen-bond acceptors (Lipinski definition) is 3. The fraction of sp³-hybridized carbons (Fsp3) is 0.133. The van der Waals surface area contributed by atoms with E-state index in [2.05, 4.69) is 4.74 Å². The highest BCUT2D eigenvalue weighted by molar-refractivity contribution is 5.91. The van der Waals surface area contributed by atoms with Gasteiger partial charge in [-0.15, -0.1) is 13.2 Å². The molecule has 0 N–H and O–H groups in total. The minimum Gasteiger partial charge on any atom is -0.423 e. The fourth-order valence-electron chi connectivity index (χ4n) is 1.70. The first-order valence-electron chi connectivity index (χ1n) is 6.19. The van der Waals surface area contributed by atoms with Crippen molar-refractivity contribution in [2.24, 2.45) is 0 Å². The predicted molar refractivity (Wildman–Crippen MR) is 69.2 cm³/mol. The Labute approximate surface area is 127 Å². The van der Waals surface area contributed by atoms with Crippen molar-refractivity contribution in [2.75, 3.05) is 0 Å². The van der Waals surface area contributed by atoms with Gasteiger partial charge in [0.05, 0.1) is 5.56 Å². The maximum Gasteiger partial charge on any atom is 0.573 e. The van der Waals surface area contributed by atoms with Gasteiger partial charge < -0.3 is 9.47 Å². The maximum absolute atomic E-state index is 13.6. The van der Waals surface area contributed by atoms with Crippen molar-refractivity contribution < 1.29 is 36.2 Å².